The van der Waals surface area contributed by atoms with Gasteiger partial charge < -0.3 is 0 Å². The molecule has 0 fully saturated rings. The molecule has 0 unspecified atom stereocenters. The van der Waals surface area contributed by atoms with Gasteiger partial charge in [0.1, 0.15) is 0 Å². The third kappa shape index (κ3) is 4.06. The molecule has 0 aromatic heterocycles. The third-order valence-electron chi connectivity index (χ3n) is 2.88. The Bertz CT molecular complexity index is 152. The van der Waals surface area contributed by atoms with Crippen LogP contribution in [0.5, 0.6) is 0 Å². The van der Waals surface area contributed by atoms with Gasteiger partial charge in [0.2, 0.25) is 0 Å². The molecule has 0 atom stereocenters. The SMILES string of the molecule is CNC(C)(C)CC[SiH-](OC)(OC)OC. The van der Waals surface area contributed by atoms with Crippen molar-refractivity contribution in [3.8, 4) is 0 Å². The van der Waals surface area contributed by atoms with E-state index in [1.54, 1.807) is 21.3 Å². The molecule has 0 aliphatic heterocycles. The topological polar surface area (TPSA) is 39.7 Å². The molecule has 0 spiro atoms. The minimum atomic E-state index is -2.68. The molecule has 0 bridgehead atoms. The second-order valence-corrected chi connectivity index (χ2v) is 7.74. The third-order valence-corrected chi connectivity index (χ3v) is 6.03. The Hall–Kier alpha value is 0.0569. The van der Waals surface area contributed by atoms with Crippen molar-refractivity contribution in [1.82, 2.24) is 5.32 Å². The van der Waals surface area contributed by atoms with Gasteiger partial charge in [-0.3, -0.25) is 0 Å². The number of nitrogens with one attached hydrogen (secondary N) is 1. The van der Waals surface area contributed by atoms with Crippen LogP contribution < -0.4 is 5.32 Å². The summed E-state index contributed by atoms with van der Waals surface area (Å²) in [5, 5.41) is 3.25. The Labute approximate surface area is 88.3 Å². The summed E-state index contributed by atoms with van der Waals surface area (Å²) in [7, 11) is 4.25. The molecule has 0 aromatic carbocycles. The van der Waals surface area contributed by atoms with Crippen molar-refractivity contribution in [2.75, 3.05) is 28.4 Å². The first kappa shape index (κ1) is 14.1. The van der Waals surface area contributed by atoms with E-state index in [9.17, 15) is 0 Å². The Balaban J connectivity index is 4.19. The van der Waals surface area contributed by atoms with E-state index < -0.39 is 8.80 Å². The van der Waals surface area contributed by atoms with Gasteiger partial charge in [0, 0.05) is 0 Å². The van der Waals surface area contributed by atoms with Crippen LogP contribution in [0.1, 0.15) is 20.3 Å². The molecule has 0 heterocycles. The average Bonchev–Trinajstić information content (AvgIpc) is 2.21. The van der Waals surface area contributed by atoms with Crippen molar-refractivity contribution in [3.05, 3.63) is 0 Å². The molecule has 0 aliphatic rings. The van der Waals surface area contributed by atoms with Crippen molar-refractivity contribution < 1.29 is 13.3 Å². The van der Waals surface area contributed by atoms with Crippen LogP contribution in [0, 0.1) is 0 Å². The summed E-state index contributed by atoms with van der Waals surface area (Å²) in [5.74, 6) is 0. The molecule has 1 N–H and O–H groups in total. The van der Waals surface area contributed by atoms with Crippen LogP contribution >= 0.6 is 0 Å². The predicted molar refractivity (Wildman–Crippen MR) is 60.7 cm³/mol. The fourth-order valence-corrected chi connectivity index (χ4v) is 3.66. The van der Waals surface area contributed by atoms with Gasteiger partial charge in [-0.2, -0.15) is 0 Å². The van der Waals surface area contributed by atoms with Gasteiger partial charge in [0.25, 0.3) is 0 Å². The molecule has 0 saturated heterocycles. The summed E-state index contributed by atoms with van der Waals surface area (Å²) in [6.45, 7) is 4.30. The minimum absolute atomic E-state index is 0.0981. The summed E-state index contributed by atoms with van der Waals surface area (Å²) in [5.41, 5.74) is 0.0981. The Kier molecular flexibility index (Phi) is 5.85. The quantitative estimate of drug-likeness (QED) is 0.652. The predicted octanol–water partition coefficient (Wildman–Crippen LogP) is 0.985. The van der Waals surface area contributed by atoms with Crippen LogP contribution in [0.25, 0.3) is 0 Å². The zero-order chi connectivity index (χ0) is 11.2. The van der Waals surface area contributed by atoms with Gasteiger partial charge in [-0.05, 0) is 0 Å². The van der Waals surface area contributed by atoms with Gasteiger partial charge in [0.15, 0.2) is 0 Å². The standard InChI is InChI=1S/C9H24NO3Si/c1-9(2,10-3)7-8-14(11-4,12-5)13-6/h10,14H,7-8H2,1-6H3/q-1. The molecule has 0 aromatic rings. The summed E-state index contributed by atoms with van der Waals surface area (Å²) in [6.07, 6.45) is 0.976. The second kappa shape index (κ2) is 5.82. The first-order valence-corrected chi connectivity index (χ1v) is 7.17. The zero-order valence-corrected chi connectivity index (χ0v) is 11.4. The van der Waals surface area contributed by atoms with Crippen LogP contribution in [0.3, 0.4) is 0 Å². The van der Waals surface area contributed by atoms with Crippen LogP contribution in [0.4, 0.5) is 0 Å². The van der Waals surface area contributed by atoms with Crippen molar-refractivity contribution in [2.24, 2.45) is 0 Å². The molecular weight excluding hydrogens is 198 g/mol. The van der Waals surface area contributed by atoms with Gasteiger partial charge >= 0.3 is 87.6 Å². The van der Waals surface area contributed by atoms with Crippen LogP contribution in [0.2, 0.25) is 6.04 Å². The van der Waals surface area contributed by atoms with E-state index in [0.717, 1.165) is 12.5 Å². The molecule has 88 valence electrons. The normalized spacial score (nSPS) is 14.4. The van der Waals surface area contributed by atoms with E-state index in [0.29, 0.717) is 0 Å². The monoisotopic (exact) mass is 222 g/mol. The first-order valence-electron chi connectivity index (χ1n) is 4.94. The van der Waals surface area contributed by atoms with Crippen molar-refractivity contribution in [3.63, 3.8) is 0 Å². The summed E-state index contributed by atoms with van der Waals surface area (Å²) in [4.78, 5) is 0. The zero-order valence-electron chi connectivity index (χ0n) is 10.2. The van der Waals surface area contributed by atoms with E-state index in [-0.39, 0.29) is 5.54 Å². The fraction of sp³-hybridized carbons (Fsp3) is 1.00. The van der Waals surface area contributed by atoms with Gasteiger partial charge in [-0.25, -0.2) is 0 Å². The molecule has 0 radical (unpaired) electrons. The second-order valence-electron chi connectivity index (χ2n) is 4.17. The number of rotatable bonds is 7. The van der Waals surface area contributed by atoms with Gasteiger partial charge in [-0.1, -0.05) is 0 Å². The van der Waals surface area contributed by atoms with Gasteiger partial charge in [0.05, 0.1) is 0 Å². The number of hydrogen-bond donors (Lipinski definition) is 1. The molecular formula is C9H24NO3Si-. The first-order chi connectivity index (χ1) is 6.45. The van der Waals surface area contributed by atoms with E-state index in [4.69, 9.17) is 13.3 Å². The molecule has 5 heteroatoms. The molecule has 0 amide bonds. The van der Waals surface area contributed by atoms with Crippen LogP contribution in [-0.2, 0) is 13.3 Å². The molecule has 4 nitrogen and oxygen atoms in total. The summed E-state index contributed by atoms with van der Waals surface area (Å²) in [6, 6.07) is 0.852. The molecule has 0 saturated carbocycles. The average molecular weight is 222 g/mol. The Morgan fingerprint density at radius 3 is 1.79 bits per heavy atom. The van der Waals surface area contributed by atoms with Gasteiger partial charge in [-0.15, -0.1) is 0 Å². The molecule has 0 aliphatic carbocycles. The molecule has 14 heavy (non-hydrogen) atoms. The van der Waals surface area contributed by atoms with E-state index >= 15 is 0 Å². The van der Waals surface area contributed by atoms with E-state index in [2.05, 4.69) is 19.2 Å². The van der Waals surface area contributed by atoms with Crippen LogP contribution in [0.15, 0.2) is 0 Å². The van der Waals surface area contributed by atoms with Crippen molar-refractivity contribution in [2.45, 2.75) is 31.9 Å². The summed E-state index contributed by atoms with van der Waals surface area (Å²) < 4.78 is 16.1. The van der Waals surface area contributed by atoms with E-state index in [1.807, 2.05) is 7.05 Å². The Morgan fingerprint density at radius 1 is 1.07 bits per heavy atom. The Morgan fingerprint density at radius 2 is 1.50 bits per heavy atom. The van der Waals surface area contributed by atoms with Crippen molar-refractivity contribution >= 4 is 8.80 Å². The molecule has 0 rings (SSSR count). The maximum atomic E-state index is 5.37. The maximum absolute atomic E-state index is 5.37. The number of hydrogen-bond acceptors (Lipinski definition) is 4. The summed E-state index contributed by atoms with van der Waals surface area (Å²) >= 11 is 0. The fourth-order valence-electron chi connectivity index (χ4n) is 1.30. The van der Waals surface area contributed by atoms with Crippen LogP contribution in [-0.4, -0.2) is 42.7 Å². The van der Waals surface area contributed by atoms with Crippen molar-refractivity contribution in [1.29, 1.82) is 0 Å². The van der Waals surface area contributed by atoms with E-state index in [1.165, 1.54) is 0 Å².